The van der Waals surface area contributed by atoms with Crippen molar-refractivity contribution in [2.45, 2.75) is 39.5 Å². The number of carbonyl (C=O) groups is 1. The van der Waals surface area contributed by atoms with Crippen LogP contribution < -0.4 is 4.74 Å². The third kappa shape index (κ3) is 6.52. The Labute approximate surface area is 190 Å². The zero-order chi connectivity index (χ0) is 22.8. The molecule has 0 aromatic heterocycles. The summed E-state index contributed by atoms with van der Waals surface area (Å²) in [6, 6.07) is 20.0. The first-order valence-electron chi connectivity index (χ1n) is 11.0. The van der Waals surface area contributed by atoms with Crippen molar-refractivity contribution >= 4 is 5.97 Å². The van der Waals surface area contributed by atoms with E-state index in [-0.39, 0.29) is 5.82 Å². The highest BCUT2D eigenvalue weighted by Gasteiger charge is 2.10. The van der Waals surface area contributed by atoms with E-state index in [0.29, 0.717) is 23.3 Å². The average Bonchev–Trinajstić information content (AvgIpc) is 2.81. The normalized spacial score (nSPS) is 11.3. The summed E-state index contributed by atoms with van der Waals surface area (Å²) in [7, 11) is 0. The molecule has 0 heterocycles. The molecule has 0 spiro atoms. The van der Waals surface area contributed by atoms with Gasteiger partial charge in [-0.05, 0) is 92.1 Å². The lowest BCUT2D eigenvalue weighted by molar-refractivity contribution is 0.0735. The van der Waals surface area contributed by atoms with Crippen LogP contribution in [0.3, 0.4) is 0 Å². The van der Waals surface area contributed by atoms with Crippen LogP contribution in [0.1, 0.15) is 48.2 Å². The topological polar surface area (TPSA) is 26.3 Å². The quantitative estimate of drug-likeness (QED) is 0.198. The van der Waals surface area contributed by atoms with Gasteiger partial charge in [0, 0.05) is 0 Å². The lowest BCUT2D eigenvalue weighted by Crippen LogP contribution is -2.08. The van der Waals surface area contributed by atoms with Gasteiger partial charge in [-0.1, -0.05) is 60.7 Å². The molecule has 32 heavy (non-hydrogen) atoms. The summed E-state index contributed by atoms with van der Waals surface area (Å²) in [5.74, 6) is -0.134. The van der Waals surface area contributed by atoms with E-state index in [2.05, 4.69) is 6.08 Å². The molecule has 0 saturated carbocycles. The van der Waals surface area contributed by atoms with Gasteiger partial charge in [0.15, 0.2) is 0 Å². The lowest BCUT2D eigenvalue weighted by atomic mass is 10.0. The Balaban J connectivity index is 1.62. The molecule has 3 aromatic carbocycles. The summed E-state index contributed by atoms with van der Waals surface area (Å²) in [6.45, 7) is 3.97. The minimum absolute atomic E-state index is 0.198. The van der Waals surface area contributed by atoms with E-state index < -0.39 is 5.97 Å². The molecule has 0 N–H and O–H groups in total. The number of hydrogen-bond acceptors (Lipinski definition) is 2. The molecule has 164 valence electrons. The van der Waals surface area contributed by atoms with E-state index in [1.165, 1.54) is 5.56 Å². The van der Waals surface area contributed by atoms with Gasteiger partial charge >= 0.3 is 5.97 Å². The van der Waals surface area contributed by atoms with Gasteiger partial charge in [0.1, 0.15) is 11.6 Å². The summed E-state index contributed by atoms with van der Waals surface area (Å²) in [5, 5.41) is 0. The molecule has 0 fully saturated rings. The second kappa shape index (κ2) is 11.8. The first kappa shape index (κ1) is 23.2. The fraction of sp³-hybridized carbons (Fsp3) is 0.207. The largest absolute Gasteiger partial charge is 0.423 e. The molecule has 0 aliphatic carbocycles. The summed E-state index contributed by atoms with van der Waals surface area (Å²) in [4.78, 5) is 12.4. The number of allylic oxidation sites excluding steroid dienone is 4. The number of rotatable bonds is 9. The lowest BCUT2D eigenvalue weighted by Gasteiger charge is -2.08. The van der Waals surface area contributed by atoms with Gasteiger partial charge in [-0.15, -0.1) is 0 Å². The Bertz CT molecular complexity index is 1080. The van der Waals surface area contributed by atoms with Gasteiger partial charge in [-0.2, -0.15) is 0 Å². The number of halogens is 1. The highest BCUT2D eigenvalue weighted by molar-refractivity contribution is 5.91. The summed E-state index contributed by atoms with van der Waals surface area (Å²) < 4.78 is 19.9. The molecule has 2 nitrogen and oxygen atoms in total. The van der Waals surface area contributed by atoms with Crippen LogP contribution in [0.2, 0.25) is 0 Å². The first-order valence-corrected chi connectivity index (χ1v) is 11.0. The molecule has 0 bridgehead atoms. The Morgan fingerprint density at radius 1 is 0.812 bits per heavy atom. The minimum Gasteiger partial charge on any atom is -0.423 e. The van der Waals surface area contributed by atoms with Crippen LogP contribution in [0.25, 0.3) is 11.1 Å². The maximum Gasteiger partial charge on any atom is 0.343 e. The average molecular weight is 429 g/mol. The van der Waals surface area contributed by atoms with Gasteiger partial charge in [-0.25, -0.2) is 9.18 Å². The van der Waals surface area contributed by atoms with Crippen molar-refractivity contribution in [2.24, 2.45) is 0 Å². The molecule has 3 heteroatoms. The van der Waals surface area contributed by atoms with Gasteiger partial charge in [0.05, 0.1) is 5.56 Å². The van der Waals surface area contributed by atoms with Gasteiger partial charge < -0.3 is 4.74 Å². The van der Waals surface area contributed by atoms with E-state index in [4.69, 9.17) is 4.74 Å². The van der Waals surface area contributed by atoms with Crippen LogP contribution in [0.4, 0.5) is 4.39 Å². The predicted octanol–water partition coefficient (Wildman–Crippen LogP) is 7.73. The third-order valence-electron chi connectivity index (χ3n) is 5.29. The third-order valence-corrected chi connectivity index (χ3v) is 5.29. The number of aryl methyl sites for hydroxylation is 2. The zero-order valence-electron chi connectivity index (χ0n) is 18.7. The monoisotopic (exact) mass is 428 g/mol. The Morgan fingerprint density at radius 2 is 1.44 bits per heavy atom. The number of esters is 1. The highest BCUT2D eigenvalue weighted by Crippen LogP contribution is 2.25. The van der Waals surface area contributed by atoms with Gasteiger partial charge in [0.25, 0.3) is 0 Å². The zero-order valence-corrected chi connectivity index (χ0v) is 18.7. The van der Waals surface area contributed by atoms with Crippen LogP contribution in [0.15, 0.2) is 91.0 Å². The smallest absolute Gasteiger partial charge is 0.343 e. The van der Waals surface area contributed by atoms with Crippen LogP contribution in [0, 0.1) is 5.82 Å². The van der Waals surface area contributed by atoms with E-state index in [0.717, 1.165) is 30.4 Å². The van der Waals surface area contributed by atoms with Crippen molar-refractivity contribution in [1.82, 2.24) is 0 Å². The predicted molar refractivity (Wildman–Crippen MR) is 130 cm³/mol. The van der Waals surface area contributed by atoms with Crippen molar-refractivity contribution in [3.05, 3.63) is 114 Å². The molecular weight excluding hydrogens is 399 g/mol. The number of benzene rings is 3. The summed E-state index contributed by atoms with van der Waals surface area (Å²) in [5.41, 5.74) is 4.08. The fourth-order valence-corrected chi connectivity index (χ4v) is 3.44. The van der Waals surface area contributed by atoms with Crippen molar-refractivity contribution in [3.63, 3.8) is 0 Å². The molecule has 0 atom stereocenters. The number of hydrogen-bond donors (Lipinski definition) is 0. The van der Waals surface area contributed by atoms with E-state index in [1.54, 1.807) is 30.3 Å². The molecule has 0 amide bonds. The molecule has 0 aliphatic rings. The Hall–Kier alpha value is -3.46. The van der Waals surface area contributed by atoms with Crippen molar-refractivity contribution in [1.29, 1.82) is 0 Å². The number of carbonyl (C=O) groups excluding carboxylic acids is 1. The molecule has 0 unspecified atom stereocenters. The van der Waals surface area contributed by atoms with Crippen molar-refractivity contribution < 1.29 is 13.9 Å². The molecule has 0 aliphatic heterocycles. The van der Waals surface area contributed by atoms with Crippen molar-refractivity contribution in [2.75, 3.05) is 0 Å². The summed E-state index contributed by atoms with van der Waals surface area (Å²) in [6.07, 6.45) is 11.6. The second-order valence-corrected chi connectivity index (χ2v) is 7.63. The molecule has 0 saturated heterocycles. The van der Waals surface area contributed by atoms with Crippen molar-refractivity contribution in [3.8, 4) is 16.9 Å². The van der Waals surface area contributed by atoms with Gasteiger partial charge in [0.2, 0.25) is 0 Å². The second-order valence-electron chi connectivity index (χ2n) is 7.63. The molecule has 0 radical (unpaired) electrons. The molecule has 3 aromatic rings. The van der Waals surface area contributed by atoms with E-state index in [9.17, 15) is 9.18 Å². The van der Waals surface area contributed by atoms with E-state index >= 15 is 0 Å². The Morgan fingerprint density at radius 3 is 2.06 bits per heavy atom. The number of ether oxygens (including phenoxy) is 1. The Kier molecular flexibility index (Phi) is 8.56. The van der Waals surface area contributed by atoms with Crippen LogP contribution in [-0.4, -0.2) is 5.97 Å². The summed E-state index contributed by atoms with van der Waals surface area (Å²) >= 11 is 0. The van der Waals surface area contributed by atoms with Crippen LogP contribution >= 0.6 is 0 Å². The van der Waals surface area contributed by atoms with E-state index in [1.807, 2.05) is 68.5 Å². The highest BCUT2D eigenvalue weighted by atomic mass is 19.1. The van der Waals surface area contributed by atoms with Crippen LogP contribution in [0.5, 0.6) is 5.75 Å². The molecule has 3 rings (SSSR count). The standard InChI is InChI=1S/C29H29FO2/c1-3-5-7-9-22-11-13-25(14-12-22)29(31)32-27-19-17-23(18-20-27)26-16-15-24(28(30)21-26)10-8-6-4-2/h3-6,11-21H,7-10H2,1-2H3/b5-3+,6-4+. The maximum atomic E-state index is 14.4. The maximum absolute atomic E-state index is 14.4. The minimum atomic E-state index is -0.394. The molecular formula is C29H29FO2. The SMILES string of the molecule is C/C=C/CCc1ccc(C(=O)Oc2ccc(-c3ccc(CC/C=C/C)c(F)c3)cc2)cc1. The van der Waals surface area contributed by atoms with Crippen LogP contribution in [-0.2, 0) is 12.8 Å². The first-order chi connectivity index (χ1) is 15.6. The van der Waals surface area contributed by atoms with Gasteiger partial charge in [-0.3, -0.25) is 0 Å². The fourth-order valence-electron chi connectivity index (χ4n) is 3.44.